The summed E-state index contributed by atoms with van der Waals surface area (Å²) in [5.74, 6) is 0. The average Bonchev–Trinajstić information content (AvgIpc) is 3.06. The molecule has 0 bridgehead atoms. The molecule has 3 rings (SSSR count). The Morgan fingerprint density at radius 3 is 2.00 bits per heavy atom. The van der Waals surface area contributed by atoms with Gasteiger partial charge in [0, 0.05) is 0 Å². The molecule has 0 amide bonds. The third kappa shape index (κ3) is 3.47. The zero-order chi connectivity index (χ0) is 17.3. The van der Waals surface area contributed by atoms with Crippen LogP contribution < -0.4 is 10.6 Å². The summed E-state index contributed by atoms with van der Waals surface area (Å²) >= 11 is -3.30. The van der Waals surface area contributed by atoms with E-state index in [-0.39, 0.29) is 0 Å². The Morgan fingerprint density at radius 1 is 0.917 bits per heavy atom. The molecule has 1 heterocycles. The summed E-state index contributed by atoms with van der Waals surface area (Å²) in [6.07, 6.45) is 0. The van der Waals surface area contributed by atoms with Crippen LogP contribution in [0.1, 0.15) is 27.8 Å². The van der Waals surface area contributed by atoms with Gasteiger partial charge in [-0.3, -0.25) is 0 Å². The average molecular weight is 450 g/mol. The number of hydrogen-bond acceptors (Lipinski definition) is 2. The molecule has 1 aliphatic rings. The van der Waals surface area contributed by atoms with Crippen LogP contribution in [0.25, 0.3) is 0 Å². The van der Waals surface area contributed by atoms with Crippen molar-refractivity contribution in [3.05, 3.63) is 70.3 Å². The van der Waals surface area contributed by atoms with Gasteiger partial charge in [-0.2, -0.15) is 0 Å². The molecule has 2 aromatic rings. The predicted octanol–water partition coefficient (Wildman–Crippen LogP) is 3.92. The number of halogens is 2. The second kappa shape index (κ2) is 7.27. The molecule has 0 unspecified atom stereocenters. The van der Waals surface area contributed by atoms with E-state index in [1.165, 1.54) is 22.3 Å². The van der Waals surface area contributed by atoms with Gasteiger partial charge in [0.25, 0.3) is 0 Å². The Labute approximate surface area is 154 Å². The first-order valence-corrected chi connectivity index (χ1v) is 14.1. The molecular weight excluding hydrogens is 428 g/mol. The first kappa shape index (κ1) is 18.1. The van der Waals surface area contributed by atoms with E-state index in [9.17, 15) is 0 Å². The Hall–Kier alpha value is -0.697. The van der Waals surface area contributed by atoms with Crippen molar-refractivity contribution < 1.29 is 11.9 Å². The van der Waals surface area contributed by atoms with Crippen LogP contribution >= 0.6 is 19.4 Å². The number of aryl methyl sites for hydroxylation is 3. The zero-order valence-corrected chi connectivity index (χ0v) is 17.3. The van der Waals surface area contributed by atoms with Gasteiger partial charge < -0.3 is 0 Å². The molecule has 0 aromatic heterocycles. The molecule has 2 nitrogen and oxygen atoms in total. The summed E-state index contributed by atoms with van der Waals surface area (Å²) < 4.78 is 2.01. The summed E-state index contributed by atoms with van der Waals surface area (Å²) in [5.41, 5.74) is 5.98. The van der Waals surface area contributed by atoms with Gasteiger partial charge in [-0.25, -0.2) is 0 Å². The first-order valence-electron chi connectivity index (χ1n) is 7.89. The number of benzene rings is 2. The van der Waals surface area contributed by atoms with Gasteiger partial charge in [0.1, 0.15) is 0 Å². The van der Waals surface area contributed by atoms with Crippen molar-refractivity contribution in [1.29, 1.82) is 0 Å². The molecule has 1 saturated heterocycles. The standard InChI is InChI=1S/C16H16.C3H6N2.2ClH.Ru/c1-12-9-13(2)16(14(3)10-12)11-15-7-5-4-6-8-15;1-2-5-3-4-1;;;/h4-10H,1-3H3;4-5H,1-2H2;2*1H;/q;;;;+2/p-2. The molecule has 5 heteroatoms. The van der Waals surface area contributed by atoms with Crippen LogP contribution in [0.15, 0.2) is 42.5 Å². The minimum absolute atomic E-state index is 0.866. The molecule has 1 aliphatic heterocycles. The second-order valence-electron chi connectivity index (χ2n) is 6.00. The van der Waals surface area contributed by atoms with Crippen molar-refractivity contribution in [2.75, 3.05) is 13.1 Å². The van der Waals surface area contributed by atoms with Crippen LogP contribution in [0, 0.1) is 20.8 Å². The van der Waals surface area contributed by atoms with Crippen molar-refractivity contribution >= 4 is 27.8 Å². The molecular formula is C19H22Cl2N2Ru. The second-order valence-corrected chi connectivity index (χ2v) is 15.3. The molecule has 1 fully saturated rings. The first-order chi connectivity index (χ1) is 11.4. The maximum absolute atomic E-state index is 7.10. The summed E-state index contributed by atoms with van der Waals surface area (Å²) in [5, 5.41) is 6.73. The molecule has 0 aliphatic carbocycles. The molecule has 0 radical (unpaired) electrons. The van der Waals surface area contributed by atoms with Crippen molar-refractivity contribution in [3.8, 4) is 0 Å². The SMILES string of the molecule is Cc1cc(C)c([C](c2ccccc2)=[Ru]([Cl])([Cl])=[C]2NCCN2)c(C)c1. The number of nitrogens with one attached hydrogen (secondary N) is 2. The van der Waals surface area contributed by atoms with Gasteiger partial charge in [-0.15, -0.1) is 0 Å². The van der Waals surface area contributed by atoms with E-state index in [0.717, 1.165) is 27.1 Å². The van der Waals surface area contributed by atoms with Crippen LogP contribution in [-0.4, -0.2) is 21.6 Å². The molecule has 0 saturated carbocycles. The molecule has 24 heavy (non-hydrogen) atoms. The van der Waals surface area contributed by atoms with Crippen molar-refractivity contribution in [2.24, 2.45) is 0 Å². The van der Waals surface area contributed by atoms with E-state index in [0.29, 0.717) is 0 Å². The fourth-order valence-electron chi connectivity index (χ4n) is 3.13. The van der Waals surface area contributed by atoms with Gasteiger partial charge in [0.15, 0.2) is 0 Å². The van der Waals surface area contributed by atoms with E-state index in [1.54, 1.807) is 0 Å². The molecule has 0 atom stereocenters. The Morgan fingerprint density at radius 2 is 1.46 bits per heavy atom. The van der Waals surface area contributed by atoms with Crippen LogP contribution in [0.2, 0.25) is 0 Å². The van der Waals surface area contributed by atoms with E-state index < -0.39 is 11.9 Å². The third-order valence-corrected chi connectivity index (χ3v) is 10.9. The topological polar surface area (TPSA) is 24.1 Å². The molecule has 2 aromatic carbocycles. The predicted molar refractivity (Wildman–Crippen MR) is 103 cm³/mol. The molecule has 2 N–H and O–H groups in total. The van der Waals surface area contributed by atoms with Crippen LogP contribution in [0.3, 0.4) is 0 Å². The maximum atomic E-state index is 7.10. The van der Waals surface area contributed by atoms with Crippen LogP contribution in [0.4, 0.5) is 0 Å². The van der Waals surface area contributed by atoms with Crippen LogP contribution in [-0.2, 0) is 11.9 Å². The summed E-state index contributed by atoms with van der Waals surface area (Å²) in [6.45, 7) is 8.13. The van der Waals surface area contributed by atoms with E-state index in [2.05, 4.69) is 55.7 Å². The fraction of sp³-hybridized carbons (Fsp3) is 0.263. The van der Waals surface area contributed by atoms with E-state index in [1.807, 2.05) is 18.2 Å². The van der Waals surface area contributed by atoms with E-state index in [4.69, 9.17) is 19.4 Å². The van der Waals surface area contributed by atoms with Gasteiger partial charge >= 0.3 is 155 Å². The van der Waals surface area contributed by atoms with Gasteiger partial charge in [0.05, 0.1) is 0 Å². The van der Waals surface area contributed by atoms with Crippen molar-refractivity contribution in [1.82, 2.24) is 10.6 Å². The van der Waals surface area contributed by atoms with Gasteiger partial charge in [-0.1, -0.05) is 0 Å². The Bertz CT molecular complexity index is 856. The molecule has 0 spiro atoms. The van der Waals surface area contributed by atoms with Crippen LogP contribution in [0.5, 0.6) is 0 Å². The summed E-state index contributed by atoms with van der Waals surface area (Å²) in [6, 6.07) is 14.7. The Balaban J connectivity index is 2.45. The van der Waals surface area contributed by atoms with E-state index >= 15 is 0 Å². The quantitative estimate of drug-likeness (QED) is 0.678. The number of rotatable bonds is 2. The monoisotopic (exact) mass is 450 g/mol. The van der Waals surface area contributed by atoms with Crippen molar-refractivity contribution in [3.63, 3.8) is 0 Å². The van der Waals surface area contributed by atoms with Gasteiger partial charge in [0.2, 0.25) is 0 Å². The normalized spacial score (nSPS) is 15.6. The number of hydrogen-bond donors (Lipinski definition) is 2. The third-order valence-electron chi connectivity index (χ3n) is 4.03. The minimum atomic E-state index is -3.30. The summed E-state index contributed by atoms with van der Waals surface area (Å²) in [7, 11) is 14.2. The summed E-state index contributed by atoms with van der Waals surface area (Å²) in [4.78, 5) is 0. The van der Waals surface area contributed by atoms with Gasteiger partial charge in [-0.05, 0) is 0 Å². The van der Waals surface area contributed by atoms with Crippen molar-refractivity contribution in [2.45, 2.75) is 20.8 Å². The zero-order valence-electron chi connectivity index (χ0n) is 14.1. The Kier molecular flexibility index (Phi) is 5.49. The fourth-order valence-corrected chi connectivity index (χ4v) is 9.74. The molecule has 130 valence electrons.